The average molecular weight is 659 g/mol. The van der Waals surface area contributed by atoms with Crippen LogP contribution in [0, 0.1) is 28.6 Å². The predicted molar refractivity (Wildman–Crippen MR) is 163 cm³/mol. The maximum Gasteiger partial charge on any atom is 0.471 e. The molecule has 0 saturated carbocycles. The fourth-order valence-corrected chi connectivity index (χ4v) is 3.91. The van der Waals surface area contributed by atoms with E-state index in [-0.39, 0.29) is 22.6 Å². The van der Waals surface area contributed by atoms with Crippen LogP contribution in [0.3, 0.4) is 0 Å². The highest BCUT2D eigenvalue weighted by molar-refractivity contribution is 9.10. The van der Waals surface area contributed by atoms with Crippen molar-refractivity contribution in [2.45, 2.75) is 67.6 Å². The number of hydrogen-bond donors (Lipinski definition) is 4. The van der Waals surface area contributed by atoms with Gasteiger partial charge >= 0.3 is 12.1 Å². The number of nitrogens with one attached hydrogen (secondary N) is 2. The van der Waals surface area contributed by atoms with Gasteiger partial charge in [-0.2, -0.15) is 18.4 Å². The fraction of sp³-hybridized carbons (Fsp3) is 0.571. The number of halogens is 4. The van der Waals surface area contributed by atoms with E-state index in [1.807, 2.05) is 40.7 Å². The molecule has 6 N–H and O–H groups in total. The quantitative estimate of drug-likeness (QED) is 0.281. The molecule has 42 heavy (non-hydrogen) atoms. The van der Waals surface area contributed by atoms with E-state index in [1.165, 1.54) is 4.90 Å². The van der Waals surface area contributed by atoms with Crippen molar-refractivity contribution in [3.8, 4) is 6.07 Å². The Bertz CT molecular complexity index is 1200. The van der Waals surface area contributed by atoms with Crippen LogP contribution in [0.1, 0.15) is 55.4 Å². The molecule has 1 fully saturated rings. The van der Waals surface area contributed by atoms with Gasteiger partial charge in [-0.3, -0.25) is 14.4 Å². The molecule has 2 radical (unpaired) electrons. The van der Waals surface area contributed by atoms with Crippen molar-refractivity contribution in [2.75, 3.05) is 19.6 Å². The van der Waals surface area contributed by atoms with Gasteiger partial charge in [-0.1, -0.05) is 83.5 Å². The maximum atomic E-state index is 11.9. The lowest BCUT2D eigenvalue weighted by Crippen LogP contribution is -2.44. The molecular formula is C28H43BBrF3N6O3. The van der Waals surface area contributed by atoms with E-state index < -0.39 is 30.6 Å². The fourth-order valence-electron chi connectivity index (χ4n) is 3.31. The Hall–Kier alpha value is -3.21. The summed E-state index contributed by atoms with van der Waals surface area (Å²) in [5.74, 6) is -1.45. The maximum absolute atomic E-state index is 11.9. The molecular weight excluding hydrogens is 616 g/mol. The minimum absolute atomic E-state index is 0.0519. The molecule has 0 aliphatic carbocycles. The summed E-state index contributed by atoms with van der Waals surface area (Å²) in [6, 6.07) is 6.09. The summed E-state index contributed by atoms with van der Waals surface area (Å²) in [7, 11) is 5.57. The number of hydrogen-bond acceptors (Lipinski definition) is 6. The number of likely N-dealkylation sites (tertiary alicyclic amines) is 1. The van der Waals surface area contributed by atoms with E-state index in [0.29, 0.717) is 34.4 Å². The summed E-state index contributed by atoms with van der Waals surface area (Å²) in [4.78, 5) is 34.1. The van der Waals surface area contributed by atoms with Gasteiger partial charge in [0.2, 0.25) is 12.3 Å². The summed E-state index contributed by atoms with van der Waals surface area (Å²) in [6.45, 7) is 16.9. The number of nitrogens with two attached hydrogens (primary N) is 2. The molecule has 1 aromatic rings. The third kappa shape index (κ3) is 14.1. The number of carbonyl (C=O) groups excluding carboxylic acids is 3. The smallest absolute Gasteiger partial charge is 0.410 e. The van der Waals surface area contributed by atoms with Crippen LogP contribution >= 0.6 is 15.9 Å². The zero-order valence-corrected chi connectivity index (χ0v) is 27.1. The van der Waals surface area contributed by atoms with Crippen molar-refractivity contribution in [3.63, 3.8) is 0 Å². The molecule has 2 rings (SSSR count). The predicted octanol–water partition coefficient (Wildman–Crippen LogP) is 2.20. The van der Waals surface area contributed by atoms with Crippen LogP contribution in [0.2, 0.25) is 0 Å². The van der Waals surface area contributed by atoms with Crippen molar-refractivity contribution in [3.05, 3.63) is 33.1 Å². The molecule has 0 aromatic heterocycles. The number of nitrogens with zero attached hydrogens (tertiary/aromatic N) is 2. The number of carbonyl (C=O) groups is 3. The lowest BCUT2D eigenvalue weighted by Gasteiger charge is -2.22. The highest BCUT2D eigenvalue weighted by atomic mass is 79.9. The lowest BCUT2D eigenvalue weighted by atomic mass is 9.84. The topological polar surface area (TPSA) is 154 Å². The van der Waals surface area contributed by atoms with Crippen molar-refractivity contribution in [1.29, 1.82) is 5.26 Å². The van der Waals surface area contributed by atoms with Crippen molar-refractivity contribution in [2.24, 2.45) is 28.7 Å². The molecule has 1 heterocycles. The van der Waals surface area contributed by atoms with Crippen LogP contribution in [0.4, 0.5) is 13.2 Å². The highest BCUT2D eigenvalue weighted by Crippen LogP contribution is 2.34. The third-order valence-electron chi connectivity index (χ3n) is 5.73. The average Bonchev–Trinajstić information content (AvgIpc) is 3.17. The van der Waals surface area contributed by atoms with E-state index >= 15 is 0 Å². The first-order valence-corrected chi connectivity index (χ1v) is 14.1. The molecule has 0 bridgehead atoms. The monoisotopic (exact) mass is 658 g/mol. The molecule has 2 atom stereocenters. The SMILES string of the molecule is CC.CC(C)C.C[C@H]1CN(C(=O)CNC(=O)C(F)(F)F)CC1(C)C.[B]/C(N)=c1\cccc(Br)\c1=C(\N)C(C#N)NC=O. The molecule has 1 unspecified atom stereocenters. The summed E-state index contributed by atoms with van der Waals surface area (Å²) >= 11 is 3.31. The first-order valence-electron chi connectivity index (χ1n) is 13.3. The summed E-state index contributed by atoms with van der Waals surface area (Å²) in [5.41, 5.74) is 11.7. The largest absolute Gasteiger partial charge is 0.471 e. The van der Waals surface area contributed by atoms with Crippen LogP contribution in [0.15, 0.2) is 22.7 Å². The molecule has 234 valence electrons. The van der Waals surface area contributed by atoms with Crippen molar-refractivity contribution < 1.29 is 27.6 Å². The molecule has 1 aliphatic heterocycles. The molecule has 0 spiro atoms. The summed E-state index contributed by atoms with van der Waals surface area (Å²) in [6.07, 6.45) is -4.54. The van der Waals surface area contributed by atoms with Gasteiger partial charge in [0.25, 0.3) is 0 Å². The van der Waals surface area contributed by atoms with Gasteiger partial charge in [-0.25, -0.2) is 0 Å². The summed E-state index contributed by atoms with van der Waals surface area (Å²) < 4.78 is 36.4. The van der Waals surface area contributed by atoms with Gasteiger partial charge in [-0.05, 0) is 34.1 Å². The Morgan fingerprint density at radius 2 is 1.79 bits per heavy atom. The van der Waals surface area contributed by atoms with E-state index in [0.717, 1.165) is 5.92 Å². The van der Waals surface area contributed by atoms with Gasteiger partial charge < -0.3 is 27.0 Å². The lowest BCUT2D eigenvalue weighted by molar-refractivity contribution is -0.174. The molecule has 1 aromatic carbocycles. The zero-order chi connectivity index (χ0) is 33.4. The van der Waals surface area contributed by atoms with Gasteiger partial charge in [0.15, 0.2) is 6.04 Å². The van der Waals surface area contributed by atoms with E-state index in [1.54, 1.807) is 23.5 Å². The first kappa shape index (κ1) is 40.9. The standard InChI is InChI=1S/C11H10BBrN4O.C11H17F3N2O2.C4H10.C2H6/c12-11(16)6-2-1-3-7(13)9(6)10(15)8(4-14)17-5-18;1-7-5-16(6-10(7,2)3)8(17)4-15-9(18)11(12,13)14;1-4(2)3;1-2/h1-3,5,8H,15-16H2,(H,17,18);7H,4-6H2,1-3H3,(H,15,18);4H,1-3H3;1-2H3/b10-9+,11-6-;;;/t;7-;;/m.0../s1. The summed E-state index contributed by atoms with van der Waals surface area (Å²) in [5, 5.41) is 13.9. The minimum Gasteiger partial charge on any atom is -0.410 e. The number of amides is 3. The third-order valence-corrected chi connectivity index (χ3v) is 6.39. The van der Waals surface area contributed by atoms with Crippen LogP contribution in [-0.4, -0.2) is 62.8 Å². The van der Waals surface area contributed by atoms with Crippen LogP contribution in [0.5, 0.6) is 0 Å². The van der Waals surface area contributed by atoms with E-state index in [2.05, 4.69) is 42.0 Å². The Kier molecular flexibility index (Phi) is 18.6. The Morgan fingerprint density at radius 3 is 2.17 bits per heavy atom. The van der Waals surface area contributed by atoms with Gasteiger partial charge in [0.05, 0.1) is 18.3 Å². The second-order valence-electron chi connectivity index (χ2n) is 10.5. The van der Waals surface area contributed by atoms with Crippen LogP contribution in [0.25, 0.3) is 11.3 Å². The Morgan fingerprint density at radius 1 is 1.26 bits per heavy atom. The number of benzene rings is 1. The molecule has 14 heteroatoms. The van der Waals surface area contributed by atoms with Crippen LogP contribution in [-0.2, 0) is 14.4 Å². The van der Waals surface area contributed by atoms with Gasteiger partial charge in [-0.15, -0.1) is 0 Å². The normalized spacial score (nSPS) is 17.3. The second kappa shape index (κ2) is 19.1. The zero-order valence-electron chi connectivity index (χ0n) is 25.5. The molecule has 1 aliphatic rings. The van der Waals surface area contributed by atoms with Crippen LogP contribution < -0.4 is 32.5 Å². The minimum atomic E-state index is -4.95. The van der Waals surface area contributed by atoms with Gasteiger partial charge in [0, 0.05) is 22.8 Å². The first-order chi connectivity index (χ1) is 19.3. The highest BCUT2D eigenvalue weighted by Gasteiger charge is 2.41. The second-order valence-corrected chi connectivity index (χ2v) is 11.4. The van der Waals surface area contributed by atoms with E-state index in [9.17, 15) is 27.6 Å². The molecule has 1 saturated heterocycles. The van der Waals surface area contributed by atoms with Crippen molar-refractivity contribution in [1.82, 2.24) is 15.5 Å². The number of alkyl halides is 3. The number of nitriles is 1. The van der Waals surface area contributed by atoms with Gasteiger partial charge in [0.1, 0.15) is 7.85 Å². The molecule has 9 nitrogen and oxygen atoms in total. The van der Waals surface area contributed by atoms with Crippen molar-refractivity contribution >= 4 is 53.3 Å². The molecule has 3 amide bonds. The Balaban J connectivity index is 0. The van der Waals surface area contributed by atoms with E-state index in [4.69, 9.17) is 24.6 Å². The number of rotatable bonds is 5. The Labute approximate surface area is 256 Å².